The first-order chi connectivity index (χ1) is 7.03. The predicted octanol–water partition coefficient (Wildman–Crippen LogP) is 2.88. The minimum Gasteiger partial charge on any atom is -0.487 e. The molecule has 0 radical (unpaired) electrons. The Morgan fingerprint density at radius 2 is 2.07 bits per heavy atom. The lowest BCUT2D eigenvalue weighted by Crippen LogP contribution is -2.44. The predicted molar refractivity (Wildman–Crippen MR) is 61.9 cm³/mol. The topological polar surface area (TPSA) is 35.2 Å². The molecule has 2 atom stereocenters. The van der Waals surface area contributed by atoms with Gasteiger partial charge >= 0.3 is 0 Å². The van der Waals surface area contributed by atoms with Gasteiger partial charge in [-0.05, 0) is 18.9 Å². The lowest BCUT2D eigenvalue weighted by molar-refractivity contribution is 0.0108. The van der Waals surface area contributed by atoms with Crippen LogP contribution in [-0.4, -0.2) is 5.60 Å². The molecule has 0 saturated carbocycles. The number of hydrogen-bond acceptors (Lipinski definition) is 2. The van der Waals surface area contributed by atoms with E-state index in [2.05, 4.69) is 26.8 Å². The maximum atomic E-state index is 6.18. The van der Waals surface area contributed by atoms with Crippen molar-refractivity contribution in [3.63, 3.8) is 0 Å². The van der Waals surface area contributed by atoms with Crippen LogP contribution < -0.4 is 10.5 Å². The zero-order valence-electron chi connectivity index (χ0n) is 9.66. The Hall–Kier alpha value is -1.02. The van der Waals surface area contributed by atoms with E-state index in [0.717, 1.165) is 17.7 Å². The Labute approximate surface area is 91.4 Å². The highest BCUT2D eigenvalue weighted by atomic mass is 16.5. The van der Waals surface area contributed by atoms with Crippen molar-refractivity contribution < 1.29 is 4.74 Å². The van der Waals surface area contributed by atoms with Gasteiger partial charge in [0.1, 0.15) is 11.4 Å². The van der Waals surface area contributed by atoms with Gasteiger partial charge in [0.25, 0.3) is 0 Å². The monoisotopic (exact) mass is 205 g/mol. The summed E-state index contributed by atoms with van der Waals surface area (Å²) in [6.07, 6.45) is 0.891. The fourth-order valence-corrected chi connectivity index (χ4v) is 2.07. The SMILES string of the molecule is CC(C)C1(C)C[C@H](N)c2ccccc2O1. The highest BCUT2D eigenvalue weighted by molar-refractivity contribution is 5.38. The third-order valence-electron chi connectivity index (χ3n) is 3.51. The minimum absolute atomic E-state index is 0.0994. The van der Waals surface area contributed by atoms with E-state index >= 15 is 0 Å². The van der Waals surface area contributed by atoms with Crippen LogP contribution >= 0.6 is 0 Å². The van der Waals surface area contributed by atoms with Gasteiger partial charge in [-0.25, -0.2) is 0 Å². The zero-order chi connectivity index (χ0) is 11.1. The smallest absolute Gasteiger partial charge is 0.124 e. The standard InChI is InChI=1S/C13H19NO/c1-9(2)13(3)8-11(14)10-6-4-5-7-12(10)15-13/h4-7,9,11H,8,14H2,1-3H3/t11-,13?/m0/s1. The van der Waals surface area contributed by atoms with Gasteiger partial charge in [-0.1, -0.05) is 32.0 Å². The molecule has 0 aliphatic carbocycles. The number of para-hydroxylation sites is 1. The van der Waals surface area contributed by atoms with E-state index in [1.165, 1.54) is 0 Å². The Morgan fingerprint density at radius 3 is 2.73 bits per heavy atom. The van der Waals surface area contributed by atoms with Crippen LogP contribution in [0.2, 0.25) is 0 Å². The van der Waals surface area contributed by atoms with Gasteiger partial charge in [-0.3, -0.25) is 0 Å². The summed E-state index contributed by atoms with van der Waals surface area (Å²) in [7, 11) is 0. The summed E-state index contributed by atoms with van der Waals surface area (Å²) in [6, 6.07) is 8.18. The molecule has 1 aliphatic rings. The summed E-state index contributed by atoms with van der Waals surface area (Å²) in [6.45, 7) is 6.51. The molecule has 1 aliphatic heterocycles. The molecule has 1 aromatic rings. The molecule has 2 heteroatoms. The van der Waals surface area contributed by atoms with Crippen molar-refractivity contribution in [1.29, 1.82) is 0 Å². The van der Waals surface area contributed by atoms with Gasteiger partial charge in [0.15, 0.2) is 0 Å². The average Bonchev–Trinajstić information content (AvgIpc) is 2.17. The van der Waals surface area contributed by atoms with Gasteiger partial charge in [0.05, 0.1) is 0 Å². The molecule has 0 bridgehead atoms. The third kappa shape index (κ3) is 1.74. The maximum absolute atomic E-state index is 6.18. The van der Waals surface area contributed by atoms with Crippen LogP contribution in [0, 0.1) is 5.92 Å². The molecule has 1 unspecified atom stereocenters. The van der Waals surface area contributed by atoms with Crippen molar-refractivity contribution in [1.82, 2.24) is 0 Å². The van der Waals surface area contributed by atoms with E-state index in [9.17, 15) is 0 Å². The van der Waals surface area contributed by atoms with Gasteiger partial charge in [0.2, 0.25) is 0 Å². The Bertz CT molecular complexity index is 361. The summed E-state index contributed by atoms with van der Waals surface area (Å²) in [5, 5.41) is 0. The van der Waals surface area contributed by atoms with Crippen molar-refractivity contribution in [2.45, 2.75) is 38.8 Å². The average molecular weight is 205 g/mol. The molecular formula is C13H19NO. The summed E-state index contributed by atoms with van der Waals surface area (Å²) in [4.78, 5) is 0. The Kier molecular flexibility index (Phi) is 2.47. The molecule has 0 spiro atoms. The Morgan fingerprint density at radius 1 is 1.40 bits per heavy atom. The van der Waals surface area contributed by atoms with Gasteiger partial charge in [-0.15, -0.1) is 0 Å². The highest BCUT2D eigenvalue weighted by Gasteiger charge is 2.38. The van der Waals surface area contributed by atoms with E-state index < -0.39 is 0 Å². The van der Waals surface area contributed by atoms with E-state index in [4.69, 9.17) is 10.5 Å². The number of ether oxygens (including phenoxy) is 1. The first kappa shape index (κ1) is 10.5. The second-order valence-electron chi connectivity index (χ2n) is 4.92. The van der Waals surface area contributed by atoms with Crippen LogP contribution in [0.15, 0.2) is 24.3 Å². The molecule has 82 valence electrons. The summed E-state index contributed by atoms with van der Waals surface area (Å²) in [5.41, 5.74) is 7.18. The minimum atomic E-state index is -0.131. The third-order valence-corrected chi connectivity index (χ3v) is 3.51. The van der Waals surface area contributed by atoms with Crippen LogP contribution in [-0.2, 0) is 0 Å². The van der Waals surface area contributed by atoms with Crippen molar-refractivity contribution >= 4 is 0 Å². The number of hydrogen-bond donors (Lipinski definition) is 1. The molecule has 2 nitrogen and oxygen atoms in total. The summed E-state index contributed by atoms with van der Waals surface area (Å²) >= 11 is 0. The maximum Gasteiger partial charge on any atom is 0.124 e. The lowest BCUT2D eigenvalue weighted by atomic mass is 9.81. The number of benzene rings is 1. The molecule has 15 heavy (non-hydrogen) atoms. The molecule has 0 fully saturated rings. The van der Waals surface area contributed by atoms with Crippen LogP contribution in [0.1, 0.15) is 38.8 Å². The van der Waals surface area contributed by atoms with E-state index in [1.54, 1.807) is 0 Å². The van der Waals surface area contributed by atoms with Crippen LogP contribution in [0.5, 0.6) is 5.75 Å². The largest absolute Gasteiger partial charge is 0.487 e. The summed E-state index contributed by atoms with van der Waals surface area (Å²) in [5.74, 6) is 1.42. The highest BCUT2D eigenvalue weighted by Crippen LogP contribution is 2.41. The van der Waals surface area contributed by atoms with Crippen molar-refractivity contribution in [2.24, 2.45) is 11.7 Å². The fraction of sp³-hybridized carbons (Fsp3) is 0.538. The van der Waals surface area contributed by atoms with Crippen molar-refractivity contribution in [2.75, 3.05) is 0 Å². The van der Waals surface area contributed by atoms with Crippen molar-refractivity contribution in [3.8, 4) is 5.75 Å². The van der Waals surface area contributed by atoms with Crippen LogP contribution in [0.25, 0.3) is 0 Å². The molecular weight excluding hydrogens is 186 g/mol. The van der Waals surface area contributed by atoms with Crippen molar-refractivity contribution in [3.05, 3.63) is 29.8 Å². The second-order valence-corrected chi connectivity index (χ2v) is 4.92. The molecule has 2 rings (SSSR count). The van der Waals surface area contributed by atoms with Gasteiger partial charge in [0, 0.05) is 18.0 Å². The van der Waals surface area contributed by atoms with Gasteiger partial charge < -0.3 is 10.5 Å². The molecule has 0 saturated heterocycles. The molecule has 1 heterocycles. The molecule has 0 aromatic heterocycles. The quantitative estimate of drug-likeness (QED) is 0.765. The van der Waals surface area contributed by atoms with E-state index in [1.807, 2.05) is 18.2 Å². The van der Waals surface area contributed by atoms with E-state index in [0.29, 0.717) is 5.92 Å². The van der Waals surface area contributed by atoms with Crippen LogP contribution in [0.3, 0.4) is 0 Å². The number of nitrogens with two attached hydrogens (primary N) is 1. The molecule has 2 N–H and O–H groups in total. The lowest BCUT2D eigenvalue weighted by Gasteiger charge is -2.41. The van der Waals surface area contributed by atoms with Gasteiger partial charge in [-0.2, -0.15) is 0 Å². The molecule has 1 aromatic carbocycles. The first-order valence-electron chi connectivity index (χ1n) is 5.56. The number of rotatable bonds is 1. The molecule has 0 amide bonds. The zero-order valence-corrected chi connectivity index (χ0v) is 9.66. The first-order valence-corrected chi connectivity index (χ1v) is 5.56. The number of fused-ring (bicyclic) bond motifs is 1. The van der Waals surface area contributed by atoms with E-state index in [-0.39, 0.29) is 11.6 Å². The second kappa shape index (κ2) is 3.53. The van der Waals surface area contributed by atoms with Crippen LogP contribution in [0.4, 0.5) is 0 Å². The Balaban J connectivity index is 2.38. The fourth-order valence-electron chi connectivity index (χ4n) is 2.07. The normalized spacial score (nSPS) is 29.8. The summed E-state index contributed by atoms with van der Waals surface area (Å²) < 4.78 is 6.07.